The lowest BCUT2D eigenvalue weighted by atomic mass is 10.1. The summed E-state index contributed by atoms with van der Waals surface area (Å²) in [5.74, 6) is 0. The summed E-state index contributed by atoms with van der Waals surface area (Å²) in [4.78, 5) is 0. The van der Waals surface area contributed by atoms with E-state index < -0.39 is 0 Å². The Labute approximate surface area is 54.8 Å². The van der Waals surface area contributed by atoms with Gasteiger partial charge in [0.15, 0.2) is 0 Å². The first-order valence-corrected chi connectivity index (χ1v) is 3.30. The summed E-state index contributed by atoms with van der Waals surface area (Å²) in [6, 6.07) is 0. The third kappa shape index (κ3) is 2.16. The lowest BCUT2D eigenvalue weighted by molar-refractivity contribution is 0.0880. The van der Waals surface area contributed by atoms with Crippen LogP contribution in [0.5, 0.6) is 0 Å². The first-order valence-electron chi connectivity index (χ1n) is 3.30. The second-order valence-corrected chi connectivity index (χ2v) is 2.49. The van der Waals surface area contributed by atoms with Gasteiger partial charge in [0.25, 0.3) is 0 Å². The van der Waals surface area contributed by atoms with Crippen LogP contribution in [0.15, 0.2) is 12.2 Å². The Hall–Kier alpha value is -0.340. The van der Waals surface area contributed by atoms with Gasteiger partial charge >= 0.3 is 0 Å². The van der Waals surface area contributed by atoms with E-state index in [9.17, 15) is 0 Å². The Bertz CT molecular complexity index is 97.5. The molecule has 0 heterocycles. The molecular formula is C7H12O2. The van der Waals surface area contributed by atoms with Crippen molar-refractivity contribution in [3.63, 3.8) is 0 Å². The van der Waals surface area contributed by atoms with Gasteiger partial charge in [-0.1, -0.05) is 12.2 Å². The van der Waals surface area contributed by atoms with Crippen molar-refractivity contribution < 1.29 is 10.2 Å². The monoisotopic (exact) mass is 128 g/mol. The molecule has 0 radical (unpaired) electrons. The van der Waals surface area contributed by atoms with Gasteiger partial charge in [-0.2, -0.15) is 0 Å². The molecule has 1 rings (SSSR count). The van der Waals surface area contributed by atoms with E-state index in [1.54, 1.807) is 0 Å². The topological polar surface area (TPSA) is 40.5 Å². The first-order chi connectivity index (χ1) is 4.29. The lowest BCUT2D eigenvalue weighted by Crippen LogP contribution is -2.14. The smallest absolute Gasteiger partial charge is 0.0599 e. The minimum Gasteiger partial charge on any atom is -0.393 e. The molecule has 0 unspecified atom stereocenters. The third-order valence-electron chi connectivity index (χ3n) is 1.53. The Morgan fingerprint density at radius 2 is 1.44 bits per heavy atom. The van der Waals surface area contributed by atoms with Crippen LogP contribution in [0.2, 0.25) is 0 Å². The molecule has 2 atom stereocenters. The van der Waals surface area contributed by atoms with E-state index in [4.69, 9.17) is 10.2 Å². The maximum atomic E-state index is 9.05. The molecule has 0 fully saturated rings. The van der Waals surface area contributed by atoms with Crippen molar-refractivity contribution in [1.82, 2.24) is 0 Å². The molecular weight excluding hydrogens is 116 g/mol. The molecule has 0 spiro atoms. The number of hydrogen-bond donors (Lipinski definition) is 2. The quantitative estimate of drug-likeness (QED) is 0.465. The summed E-state index contributed by atoms with van der Waals surface area (Å²) in [5.41, 5.74) is 0. The standard InChI is InChI=1S/C7H12O2/c8-6-3-1-2-4-7(9)5-6/h1-2,6-9H,3-5H2/t6-,7-/m1/s1. The molecule has 1 aliphatic carbocycles. The van der Waals surface area contributed by atoms with Crippen molar-refractivity contribution in [2.75, 3.05) is 0 Å². The van der Waals surface area contributed by atoms with E-state index in [0.29, 0.717) is 19.3 Å². The molecule has 52 valence electrons. The molecule has 2 nitrogen and oxygen atoms in total. The van der Waals surface area contributed by atoms with Crippen LogP contribution >= 0.6 is 0 Å². The molecule has 9 heavy (non-hydrogen) atoms. The molecule has 0 aromatic carbocycles. The predicted octanol–water partition coefficient (Wildman–Crippen LogP) is 0.448. The zero-order chi connectivity index (χ0) is 6.69. The van der Waals surface area contributed by atoms with E-state index in [-0.39, 0.29) is 12.2 Å². The van der Waals surface area contributed by atoms with E-state index in [1.165, 1.54) is 0 Å². The molecule has 1 aliphatic rings. The van der Waals surface area contributed by atoms with Gasteiger partial charge in [-0.05, 0) is 19.3 Å². The van der Waals surface area contributed by atoms with Gasteiger partial charge in [0.05, 0.1) is 12.2 Å². The van der Waals surface area contributed by atoms with Gasteiger partial charge in [0, 0.05) is 0 Å². The van der Waals surface area contributed by atoms with Crippen LogP contribution in [0.3, 0.4) is 0 Å². The third-order valence-corrected chi connectivity index (χ3v) is 1.53. The molecule has 2 N–H and O–H groups in total. The fourth-order valence-electron chi connectivity index (χ4n) is 1.01. The molecule has 0 aromatic heterocycles. The van der Waals surface area contributed by atoms with Gasteiger partial charge in [-0.3, -0.25) is 0 Å². The number of rotatable bonds is 0. The zero-order valence-corrected chi connectivity index (χ0v) is 5.33. The molecule has 0 saturated carbocycles. The maximum Gasteiger partial charge on any atom is 0.0599 e. The van der Waals surface area contributed by atoms with Crippen LogP contribution in [-0.4, -0.2) is 22.4 Å². The highest BCUT2D eigenvalue weighted by Gasteiger charge is 2.11. The summed E-state index contributed by atoms with van der Waals surface area (Å²) in [5, 5.41) is 18.1. The molecule has 0 aromatic rings. The fourth-order valence-corrected chi connectivity index (χ4v) is 1.01. The normalized spacial score (nSPS) is 36.2. The highest BCUT2D eigenvalue weighted by Crippen LogP contribution is 2.11. The number of aliphatic hydroxyl groups excluding tert-OH is 2. The summed E-state index contributed by atoms with van der Waals surface area (Å²) in [6.07, 6.45) is 5.07. The summed E-state index contributed by atoms with van der Waals surface area (Å²) in [6.45, 7) is 0. The van der Waals surface area contributed by atoms with Gasteiger partial charge in [-0.15, -0.1) is 0 Å². The SMILES string of the molecule is O[C@@H]1CC=CC[C@@H](O)C1. The molecule has 0 bridgehead atoms. The summed E-state index contributed by atoms with van der Waals surface area (Å²) < 4.78 is 0. The molecule has 2 heteroatoms. The van der Waals surface area contributed by atoms with E-state index in [0.717, 1.165) is 0 Å². The highest BCUT2D eigenvalue weighted by molar-refractivity contribution is 4.90. The van der Waals surface area contributed by atoms with Crippen molar-refractivity contribution in [1.29, 1.82) is 0 Å². The number of hydrogen-bond acceptors (Lipinski definition) is 2. The van der Waals surface area contributed by atoms with E-state index >= 15 is 0 Å². The van der Waals surface area contributed by atoms with Crippen molar-refractivity contribution in [3.05, 3.63) is 12.2 Å². The van der Waals surface area contributed by atoms with Gasteiger partial charge in [0.1, 0.15) is 0 Å². The summed E-state index contributed by atoms with van der Waals surface area (Å²) in [7, 11) is 0. The second-order valence-electron chi connectivity index (χ2n) is 2.49. The van der Waals surface area contributed by atoms with Crippen LogP contribution < -0.4 is 0 Å². The summed E-state index contributed by atoms with van der Waals surface area (Å²) >= 11 is 0. The molecule has 0 amide bonds. The largest absolute Gasteiger partial charge is 0.393 e. The average molecular weight is 128 g/mol. The second kappa shape index (κ2) is 2.99. The Morgan fingerprint density at radius 1 is 1.00 bits per heavy atom. The lowest BCUT2D eigenvalue weighted by Gasteiger charge is -2.08. The minimum absolute atomic E-state index is 0.334. The van der Waals surface area contributed by atoms with Crippen LogP contribution in [0.1, 0.15) is 19.3 Å². The minimum atomic E-state index is -0.334. The van der Waals surface area contributed by atoms with Crippen LogP contribution in [0.4, 0.5) is 0 Å². The van der Waals surface area contributed by atoms with E-state index in [2.05, 4.69) is 0 Å². The van der Waals surface area contributed by atoms with Gasteiger partial charge in [0.2, 0.25) is 0 Å². The fraction of sp³-hybridized carbons (Fsp3) is 0.714. The van der Waals surface area contributed by atoms with Gasteiger partial charge < -0.3 is 10.2 Å². The van der Waals surface area contributed by atoms with Crippen LogP contribution in [-0.2, 0) is 0 Å². The van der Waals surface area contributed by atoms with Crippen molar-refractivity contribution >= 4 is 0 Å². The van der Waals surface area contributed by atoms with Crippen molar-refractivity contribution in [2.24, 2.45) is 0 Å². The molecule has 0 aliphatic heterocycles. The van der Waals surface area contributed by atoms with Crippen LogP contribution in [0, 0.1) is 0 Å². The number of aliphatic hydroxyl groups is 2. The average Bonchev–Trinajstić information content (AvgIpc) is 1.93. The van der Waals surface area contributed by atoms with Crippen molar-refractivity contribution in [2.45, 2.75) is 31.5 Å². The van der Waals surface area contributed by atoms with Crippen molar-refractivity contribution in [3.8, 4) is 0 Å². The predicted molar refractivity (Wildman–Crippen MR) is 35.0 cm³/mol. The maximum absolute atomic E-state index is 9.05. The zero-order valence-electron chi connectivity index (χ0n) is 5.33. The highest BCUT2D eigenvalue weighted by atomic mass is 16.3. The van der Waals surface area contributed by atoms with E-state index in [1.807, 2.05) is 12.2 Å². The van der Waals surface area contributed by atoms with Gasteiger partial charge in [-0.25, -0.2) is 0 Å². The van der Waals surface area contributed by atoms with Crippen LogP contribution in [0.25, 0.3) is 0 Å². The Balaban J connectivity index is 2.40. The Morgan fingerprint density at radius 3 is 1.89 bits per heavy atom. The Kier molecular flexibility index (Phi) is 2.25. The first kappa shape index (κ1) is 6.78. The molecule has 0 saturated heterocycles.